The number of rotatable bonds is 7. The van der Waals surface area contributed by atoms with E-state index in [2.05, 4.69) is 4.90 Å². The lowest BCUT2D eigenvalue weighted by atomic mass is 10.2. The number of halogens is 1. The van der Waals surface area contributed by atoms with Crippen LogP contribution in [0.4, 0.5) is 11.4 Å². The fourth-order valence-electron chi connectivity index (χ4n) is 3.38. The second-order valence-electron chi connectivity index (χ2n) is 7.22. The average molecular weight is 449 g/mol. The summed E-state index contributed by atoms with van der Waals surface area (Å²) in [6.07, 6.45) is 0. The molecule has 0 aliphatic carbocycles. The van der Waals surface area contributed by atoms with Gasteiger partial charge in [-0.3, -0.25) is 29.9 Å². The summed E-state index contributed by atoms with van der Waals surface area (Å²) in [5.74, 6) is -0.884. The van der Waals surface area contributed by atoms with E-state index >= 15 is 0 Å². The molecule has 31 heavy (non-hydrogen) atoms. The summed E-state index contributed by atoms with van der Waals surface area (Å²) in [5, 5.41) is 23.3. The summed E-state index contributed by atoms with van der Waals surface area (Å²) in [7, 11) is 0. The van der Waals surface area contributed by atoms with E-state index in [1.807, 2.05) is 24.3 Å². The standard InChI is InChI=1S/C20H21ClN4O6/c1-14-10-17(24(27)28)20(18(11-14)25(29)30)31-13-19(26)23-8-6-22(7-9-23)12-15-2-4-16(21)5-3-15/h2-5,10-11H,6-9,12-13H2,1H3. The van der Waals surface area contributed by atoms with Gasteiger partial charge < -0.3 is 9.64 Å². The Hall–Kier alpha value is -3.24. The van der Waals surface area contributed by atoms with Crippen LogP contribution in [0.1, 0.15) is 11.1 Å². The minimum atomic E-state index is -0.755. The number of nitrogens with zero attached hydrogens (tertiary/aromatic N) is 4. The van der Waals surface area contributed by atoms with Crippen molar-refractivity contribution >= 4 is 28.9 Å². The first-order valence-electron chi connectivity index (χ1n) is 9.55. The zero-order chi connectivity index (χ0) is 22.5. The van der Waals surface area contributed by atoms with Crippen LogP contribution in [0.2, 0.25) is 5.02 Å². The molecule has 1 amide bonds. The summed E-state index contributed by atoms with van der Waals surface area (Å²) in [5.41, 5.74) is 0.403. The monoisotopic (exact) mass is 448 g/mol. The maximum absolute atomic E-state index is 12.5. The van der Waals surface area contributed by atoms with Gasteiger partial charge in [0.15, 0.2) is 6.61 Å². The summed E-state index contributed by atoms with van der Waals surface area (Å²) < 4.78 is 5.29. The molecule has 0 saturated carbocycles. The van der Waals surface area contributed by atoms with Gasteiger partial charge in [-0.25, -0.2) is 0 Å². The van der Waals surface area contributed by atoms with Crippen molar-refractivity contribution in [3.8, 4) is 5.75 Å². The molecule has 164 valence electrons. The smallest absolute Gasteiger partial charge is 0.318 e. The van der Waals surface area contributed by atoms with Gasteiger partial charge in [0, 0.05) is 49.9 Å². The molecule has 1 fully saturated rings. The normalized spacial score (nSPS) is 14.3. The van der Waals surface area contributed by atoms with Crippen LogP contribution in [0.3, 0.4) is 0 Å². The molecule has 0 N–H and O–H groups in total. The number of amides is 1. The van der Waals surface area contributed by atoms with Gasteiger partial charge >= 0.3 is 11.4 Å². The third kappa shape index (κ3) is 5.68. The van der Waals surface area contributed by atoms with E-state index in [9.17, 15) is 25.0 Å². The summed E-state index contributed by atoms with van der Waals surface area (Å²) in [6, 6.07) is 9.93. The van der Waals surface area contributed by atoms with Gasteiger partial charge in [-0.2, -0.15) is 0 Å². The molecule has 10 nitrogen and oxygen atoms in total. The number of hydrogen-bond donors (Lipinski definition) is 0. The number of hydrogen-bond acceptors (Lipinski definition) is 7. The van der Waals surface area contributed by atoms with Crippen molar-refractivity contribution in [3.05, 3.63) is 72.8 Å². The van der Waals surface area contributed by atoms with Gasteiger partial charge in [0.25, 0.3) is 11.7 Å². The molecule has 1 saturated heterocycles. The second-order valence-corrected chi connectivity index (χ2v) is 7.66. The Labute approximate surface area is 183 Å². The van der Waals surface area contributed by atoms with Crippen LogP contribution in [-0.2, 0) is 11.3 Å². The molecule has 0 unspecified atom stereocenters. The first-order valence-corrected chi connectivity index (χ1v) is 9.93. The Balaban J connectivity index is 1.59. The number of ether oxygens (including phenoxy) is 1. The van der Waals surface area contributed by atoms with Gasteiger partial charge in [0.2, 0.25) is 0 Å². The van der Waals surface area contributed by atoms with Gasteiger partial charge in [0.1, 0.15) is 0 Å². The number of nitro groups is 2. The summed E-state index contributed by atoms with van der Waals surface area (Å²) in [4.78, 5) is 37.4. The first kappa shape index (κ1) is 22.4. The molecule has 2 aromatic carbocycles. The molecule has 1 aliphatic heterocycles. The summed E-state index contributed by atoms with van der Waals surface area (Å²) >= 11 is 5.90. The number of aryl methyl sites for hydroxylation is 1. The maximum Gasteiger partial charge on any atom is 0.318 e. The van der Waals surface area contributed by atoms with Crippen LogP contribution in [0.5, 0.6) is 5.75 Å². The third-order valence-electron chi connectivity index (χ3n) is 4.97. The largest absolute Gasteiger partial charge is 0.472 e. The van der Waals surface area contributed by atoms with Gasteiger partial charge in [-0.15, -0.1) is 0 Å². The van der Waals surface area contributed by atoms with Crippen molar-refractivity contribution < 1.29 is 19.4 Å². The van der Waals surface area contributed by atoms with Crippen LogP contribution in [0.25, 0.3) is 0 Å². The van der Waals surface area contributed by atoms with Crippen LogP contribution in [-0.4, -0.2) is 58.3 Å². The Morgan fingerprint density at radius 3 is 2.10 bits per heavy atom. The van der Waals surface area contributed by atoms with Gasteiger partial charge in [-0.1, -0.05) is 23.7 Å². The number of nitro benzene ring substituents is 2. The molecular weight excluding hydrogens is 428 g/mol. The van der Waals surface area contributed by atoms with Crippen molar-refractivity contribution in [2.75, 3.05) is 32.8 Å². The second kappa shape index (κ2) is 9.71. The van der Waals surface area contributed by atoms with E-state index < -0.39 is 33.6 Å². The average Bonchev–Trinajstić information content (AvgIpc) is 2.74. The van der Waals surface area contributed by atoms with E-state index in [4.69, 9.17) is 16.3 Å². The number of benzene rings is 2. The van der Waals surface area contributed by atoms with Crippen molar-refractivity contribution in [3.63, 3.8) is 0 Å². The number of piperazine rings is 1. The quantitative estimate of drug-likeness (QED) is 0.471. The molecule has 3 rings (SSSR count). The molecule has 0 radical (unpaired) electrons. The lowest BCUT2D eigenvalue weighted by molar-refractivity contribution is -0.396. The SMILES string of the molecule is Cc1cc([N+](=O)[O-])c(OCC(=O)N2CCN(Cc3ccc(Cl)cc3)CC2)c([N+](=O)[O-])c1. The van der Waals surface area contributed by atoms with Crippen LogP contribution < -0.4 is 4.74 Å². The van der Waals surface area contributed by atoms with Crippen molar-refractivity contribution in [2.24, 2.45) is 0 Å². The third-order valence-corrected chi connectivity index (χ3v) is 5.22. The number of carbonyl (C=O) groups excluding carboxylic acids is 1. The molecule has 0 aromatic heterocycles. The van der Waals surface area contributed by atoms with Gasteiger partial charge in [-0.05, 0) is 30.2 Å². The van der Waals surface area contributed by atoms with Gasteiger partial charge in [0.05, 0.1) is 9.85 Å². The van der Waals surface area contributed by atoms with Crippen molar-refractivity contribution in [1.82, 2.24) is 9.80 Å². The minimum absolute atomic E-state index is 0.355. The molecule has 2 aromatic rings. The fraction of sp³-hybridized carbons (Fsp3) is 0.350. The van der Waals surface area contributed by atoms with E-state index in [0.717, 1.165) is 12.1 Å². The highest BCUT2D eigenvalue weighted by Crippen LogP contribution is 2.37. The number of carbonyl (C=O) groups is 1. The predicted octanol–water partition coefficient (Wildman–Crippen LogP) is 3.19. The Kier molecular flexibility index (Phi) is 7.03. The van der Waals surface area contributed by atoms with Crippen LogP contribution >= 0.6 is 11.6 Å². The highest BCUT2D eigenvalue weighted by Gasteiger charge is 2.29. The van der Waals surface area contributed by atoms with E-state index in [1.54, 1.807) is 4.90 Å². The molecule has 1 heterocycles. The Bertz CT molecular complexity index is 955. The minimum Gasteiger partial charge on any atom is -0.472 e. The molecule has 1 aliphatic rings. The zero-order valence-electron chi connectivity index (χ0n) is 16.8. The first-order chi connectivity index (χ1) is 14.7. The van der Waals surface area contributed by atoms with Crippen molar-refractivity contribution in [1.29, 1.82) is 0 Å². The Morgan fingerprint density at radius 1 is 1.03 bits per heavy atom. The lowest BCUT2D eigenvalue weighted by Crippen LogP contribution is -2.49. The highest BCUT2D eigenvalue weighted by molar-refractivity contribution is 6.30. The van der Waals surface area contributed by atoms with E-state index in [1.165, 1.54) is 19.1 Å². The molecule has 0 atom stereocenters. The summed E-state index contributed by atoms with van der Waals surface area (Å²) in [6.45, 7) is 3.97. The zero-order valence-corrected chi connectivity index (χ0v) is 17.6. The lowest BCUT2D eigenvalue weighted by Gasteiger charge is -2.34. The molecule has 0 spiro atoms. The molecule has 0 bridgehead atoms. The Morgan fingerprint density at radius 2 is 1.58 bits per heavy atom. The molecule has 11 heteroatoms. The highest BCUT2D eigenvalue weighted by atomic mass is 35.5. The van der Waals surface area contributed by atoms with E-state index in [0.29, 0.717) is 36.8 Å². The van der Waals surface area contributed by atoms with E-state index in [-0.39, 0.29) is 5.91 Å². The van der Waals surface area contributed by atoms with Crippen LogP contribution in [0, 0.1) is 27.2 Å². The predicted molar refractivity (Wildman–Crippen MR) is 113 cm³/mol. The topological polar surface area (TPSA) is 119 Å². The molecular formula is C20H21ClN4O6. The fourth-order valence-corrected chi connectivity index (χ4v) is 3.51. The van der Waals surface area contributed by atoms with Crippen LogP contribution in [0.15, 0.2) is 36.4 Å². The van der Waals surface area contributed by atoms with Crippen molar-refractivity contribution in [2.45, 2.75) is 13.5 Å². The maximum atomic E-state index is 12.5.